The Morgan fingerprint density at radius 3 is 1.41 bits per heavy atom. The maximum absolute atomic E-state index is 13.0. The van der Waals surface area contributed by atoms with Crippen LogP contribution in [0.3, 0.4) is 0 Å². The van der Waals surface area contributed by atoms with Crippen LogP contribution in [0.25, 0.3) is 11.1 Å². The van der Waals surface area contributed by atoms with Gasteiger partial charge in [-0.1, -0.05) is 103 Å². The van der Waals surface area contributed by atoms with Crippen molar-refractivity contribution in [2.75, 3.05) is 0 Å². The average Bonchev–Trinajstić information content (AvgIpc) is 2.79. The standard InChI is InChI=1S/C25H19NO2S/c27-29(28,24-18-16-21(17-19-24)20-10-4-1-5-11-20)26-25(22-12-6-2-7-13-22)23-14-8-3-9-15-23/h1-19H. The van der Waals surface area contributed by atoms with Gasteiger partial charge in [-0.3, -0.25) is 0 Å². The molecular weight excluding hydrogens is 378 g/mol. The molecular formula is C25H19NO2S. The minimum atomic E-state index is -3.87. The Hall–Kier alpha value is -3.50. The highest BCUT2D eigenvalue weighted by Gasteiger charge is 2.17. The summed E-state index contributed by atoms with van der Waals surface area (Å²) in [7, 11) is -3.87. The van der Waals surface area contributed by atoms with Crippen molar-refractivity contribution in [3.63, 3.8) is 0 Å². The molecule has 0 amide bonds. The van der Waals surface area contributed by atoms with Gasteiger partial charge in [0.15, 0.2) is 0 Å². The lowest BCUT2D eigenvalue weighted by Gasteiger charge is -2.08. The molecule has 0 unspecified atom stereocenters. The molecule has 29 heavy (non-hydrogen) atoms. The van der Waals surface area contributed by atoms with Crippen LogP contribution in [0.2, 0.25) is 0 Å². The normalized spacial score (nSPS) is 11.0. The van der Waals surface area contributed by atoms with E-state index in [0.717, 1.165) is 22.3 Å². The molecule has 4 aromatic rings. The van der Waals surface area contributed by atoms with E-state index in [0.29, 0.717) is 5.71 Å². The van der Waals surface area contributed by atoms with Gasteiger partial charge in [-0.2, -0.15) is 12.8 Å². The van der Waals surface area contributed by atoms with Gasteiger partial charge in [0.2, 0.25) is 0 Å². The van der Waals surface area contributed by atoms with E-state index in [2.05, 4.69) is 4.40 Å². The molecule has 0 aliphatic rings. The highest BCUT2D eigenvalue weighted by atomic mass is 32.2. The van der Waals surface area contributed by atoms with Crippen LogP contribution in [0.15, 0.2) is 125 Å². The summed E-state index contributed by atoms with van der Waals surface area (Å²) >= 11 is 0. The summed E-state index contributed by atoms with van der Waals surface area (Å²) in [5.74, 6) is 0. The molecule has 0 atom stereocenters. The van der Waals surface area contributed by atoms with Crippen LogP contribution in [-0.2, 0) is 10.0 Å². The zero-order chi connectivity index (χ0) is 20.1. The van der Waals surface area contributed by atoms with Crippen LogP contribution < -0.4 is 0 Å². The Morgan fingerprint density at radius 1 is 0.517 bits per heavy atom. The molecule has 0 saturated carbocycles. The SMILES string of the molecule is O=S(=O)(N=C(c1ccccc1)c1ccccc1)c1ccc(-c2ccccc2)cc1. The van der Waals surface area contributed by atoms with Crippen LogP contribution in [0, 0.1) is 0 Å². The van der Waals surface area contributed by atoms with E-state index in [9.17, 15) is 8.42 Å². The van der Waals surface area contributed by atoms with Gasteiger partial charge in [-0.25, -0.2) is 0 Å². The molecule has 0 saturated heterocycles. The van der Waals surface area contributed by atoms with E-state index in [1.807, 2.05) is 103 Å². The van der Waals surface area contributed by atoms with Crippen molar-refractivity contribution in [1.82, 2.24) is 0 Å². The maximum atomic E-state index is 13.0. The van der Waals surface area contributed by atoms with E-state index in [-0.39, 0.29) is 4.90 Å². The minimum absolute atomic E-state index is 0.168. The second-order valence-corrected chi connectivity index (χ2v) is 8.14. The number of benzene rings is 4. The maximum Gasteiger partial charge on any atom is 0.282 e. The summed E-state index contributed by atoms with van der Waals surface area (Å²) in [6, 6.07) is 35.4. The smallest absolute Gasteiger partial charge is 0.199 e. The van der Waals surface area contributed by atoms with Crippen molar-refractivity contribution >= 4 is 15.7 Å². The van der Waals surface area contributed by atoms with Crippen molar-refractivity contribution in [1.29, 1.82) is 0 Å². The number of hydrogen-bond acceptors (Lipinski definition) is 2. The Labute approximate surface area is 171 Å². The molecule has 3 nitrogen and oxygen atoms in total. The van der Waals surface area contributed by atoms with Crippen molar-refractivity contribution in [2.45, 2.75) is 4.90 Å². The third-order valence-electron chi connectivity index (χ3n) is 4.57. The Kier molecular flexibility index (Phi) is 5.36. The summed E-state index contributed by atoms with van der Waals surface area (Å²) in [5.41, 5.74) is 3.93. The van der Waals surface area contributed by atoms with Crippen LogP contribution in [-0.4, -0.2) is 14.1 Å². The van der Waals surface area contributed by atoms with Gasteiger partial charge in [0.25, 0.3) is 10.0 Å². The van der Waals surface area contributed by atoms with Gasteiger partial charge in [0.1, 0.15) is 0 Å². The first-order valence-electron chi connectivity index (χ1n) is 9.25. The largest absolute Gasteiger partial charge is 0.282 e. The van der Waals surface area contributed by atoms with Crippen molar-refractivity contribution < 1.29 is 8.42 Å². The van der Waals surface area contributed by atoms with E-state index < -0.39 is 10.0 Å². The van der Waals surface area contributed by atoms with E-state index in [1.54, 1.807) is 12.1 Å². The van der Waals surface area contributed by atoms with Crippen molar-refractivity contribution in [3.8, 4) is 11.1 Å². The molecule has 0 aromatic heterocycles. The van der Waals surface area contributed by atoms with Gasteiger partial charge in [-0.05, 0) is 23.3 Å². The first kappa shape index (κ1) is 18.8. The fraction of sp³-hybridized carbons (Fsp3) is 0. The van der Waals surface area contributed by atoms with E-state index in [4.69, 9.17) is 0 Å². The molecule has 0 fully saturated rings. The lowest BCUT2D eigenvalue weighted by atomic mass is 10.0. The summed E-state index contributed by atoms with van der Waals surface area (Å²) < 4.78 is 30.3. The number of nitrogens with zero attached hydrogens (tertiary/aromatic N) is 1. The molecule has 4 rings (SSSR count). The zero-order valence-corrected chi connectivity index (χ0v) is 16.5. The average molecular weight is 397 g/mol. The second-order valence-electron chi connectivity index (χ2n) is 6.54. The minimum Gasteiger partial charge on any atom is -0.199 e. The predicted octanol–water partition coefficient (Wildman–Crippen LogP) is 5.58. The van der Waals surface area contributed by atoms with Crippen LogP contribution in [0.4, 0.5) is 0 Å². The number of sulfonamides is 1. The van der Waals surface area contributed by atoms with Gasteiger partial charge < -0.3 is 0 Å². The van der Waals surface area contributed by atoms with Crippen LogP contribution in [0.1, 0.15) is 11.1 Å². The number of hydrogen-bond donors (Lipinski definition) is 0. The Morgan fingerprint density at radius 2 is 0.931 bits per heavy atom. The quantitative estimate of drug-likeness (QED) is 0.413. The van der Waals surface area contributed by atoms with Gasteiger partial charge in [0.05, 0.1) is 10.6 Å². The van der Waals surface area contributed by atoms with Gasteiger partial charge in [-0.15, -0.1) is 0 Å². The van der Waals surface area contributed by atoms with Crippen molar-refractivity contribution in [2.24, 2.45) is 4.40 Å². The molecule has 0 bridgehead atoms. The van der Waals surface area contributed by atoms with Gasteiger partial charge in [0, 0.05) is 11.1 Å². The second kappa shape index (κ2) is 8.25. The summed E-state index contributed by atoms with van der Waals surface area (Å²) in [5, 5.41) is 0. The van der Waals surface area contributed by atoms with E-state index in [1.165, 1.54) is 0 Å². The summed E-state index contributed by atoms with van der Waals surface area (Å²) in [6.07, 6.45) is 0. The first-order chi connectivity index (χ1) is 14.1. The molecule has 4 heteroatoms. The molecule has 0 heterocycles. The monoisotopic (exact) mass is 397 g/mol. The molecule has 0 radical (unpaired) electrons. The fourth-order valence-corrected chi connectivity index (χ4v) is 4.12. The molecule has 0 aliphatic carbocycles. The third kappa shape index (κ3) is 4.33. The highest BCUT2D eigenvalue weighted by Crippen LogP contribution is 2.23. The predicted molar refractivity (Wildman–Crippen MR) is 118 cm³/mol. The Balaban J connectivity index is 1.75. The van der Waals surface area contributed by atoms with Gasteiger partial charge >= 0.3 is 0 Å². The lowest BCUT2D eigenvalue weighted by molar-refractivity contribution is 0.598. The first-order valence-corrected chi connectivity index (χ1v) is 10.7. The highest BCUT2D eigenvalue weighted by molar-refractivity contribution is 7.90. The Bertz CT molecular complexity index is 1180. The summed E-state index contributed by atoms with van der Waals surface area (Å²) in [6.45, 7) is 0. The van der Waals surface area contributed by atoms with Crippen LogP contribution in [0.5, 0.6) is 0 Å². The molecule has 4 aromatic carbocycles. The van der Waals surface area contributed by atoms with Crippen molar-refractivity contribution in [3.05, 3.63) is 126 Å². The lowest BCUT2D eigenvalue weighted by Crippen LogP contribution is -2.08. The van der Waals surface area contributed by atoms with E-state index >= 15 is 0 Å². The fourth-order valence-electron chi connectivity index (χ4n) is 3.09. The van der Waals surface area contributed by atoms with Crippen LogP contribution >= 0.6 is 0 Å². The molecule has 0 N–H and O–H groups in total. The molecule has 0 spiro atoms. The third-order valence-corrected chi connectivity index (χ3v) is 5.86. The zero-order valence-electron chi connectivity index (χ0n) is 15.6. The summed E-state index contributed by atoms with van der Waals surface area (Å²) in [4.78, 5) is 0.168. The molecule has 142 valence electrons. The topological polar surface area (TPSA) is 46.5 Å². The molecule has 0 aliphatic heterocycles. The number of rotatable bonds is 5.